The minimum atomic E-state index is 0.247. The number of hydrogen-bond acceptors (Lipinski definition) is 3. The van der Waals surface area contributed by atoms with Crippen molar-refractivity contribution in [3.05, 3.63) is 57.2 Å². The highest BCUT2D eigenvalue weighted by Gasteiger charge is 2.13. The van der Waals surface area contributed by atoms with Crippen LogP contribution in [0.3, 0.4) is 0 Å². The molecule has 0 aliphatic heterocycles. The van der Waals surface area contributed by atoms with Gasteiger partial charge in [-0.25, -0.2) is 9.97 Å². The highest BCUT2D eigenvalue weighted by Crippen LogP contribution is 2.17. The molecule has 1 aromatic carbocycles. The van der Waals surface area contributed by atoms with E-state index in [0.29, 0.717) is 0 Å². The average Bonchev–Trinajstić information content (AvgIpc) is 2.45. The van der Waals surface area contributed by atoms with Crippen LogP contribution in [0.5, 0.6) is 0 Å². The predicted molar refractivity (Wildman–Crippen MR) is 90.7 cm³/mol. The van der Waals surface area contributed by atoms with Gasteiger partial charge in [-0.3, -0.25) is 0 Å². The van der Waals surface area contributed by atoms with Gasteiger partial charge in [-0.05, 0) is 72.7 Å². The summed E-state index contributed by atoms with van der Waals surface area (Å²) in [6.07, 6.45) is 3.91. The van der Waals surface area contributed by atoms with Gasteiger partial charge >= 0.3 is 0 Å². The van der Waals surface area contributed by atoms with Crippen molar-refractivity contribution in [2.24, 2.45) is 0 Å². The van der Waals surface area contributed by atoms with E-state index in [4.69, 9.17) is 0 Å². The lowest BCUT2D eigenvalue weighted by molar-refractivity contribution is 0.515. The summed E-state index contributed by atoms with van der Waals surface area (Å²) in [6, 6.07) is 10.9. The van der Waals surface area contributed by atoms with Crippen LogP contribution in [-0.2, 0) is 6.42 Å². The highest BCUT2D eigenvalue weighted by atomic mass is 127. The maximum absolute atomic E-state index is 4.57. The average molecular weight is 381 g/mol. The lowest BCUT2D eigenvalue weighted by Gasteiger charge is -2.18. The second-order valence-corrected chi connectivity index (χ2v) is 6.11. The summed E-state index contributed by atoms with van der Waals surface area (Å²) in [4.78, 5) is 8.75. The molecular weight excluding hydrogens is 361 g/mol. The zero-order valence-electron chi connectivity index (χ0n) is 11.9. The lowest BCUT2D eigenvalue weighted by Crippen LogP contribution is -2.25. The summed E-state index contributed by atoms with van der Waals surface area (Å²) < 4.78 is 1.27. The Labute approximate surface area is 134 Å². The van der Waals surface area contributed by atoms with E-state index in [9.17, 15) is 0 Å². The molecule has 3 nitrogen and oxygen atoms in total. The number of aromatic nitrogens is 2. The van der Waals surface area contributed by atoms with Crippen LogP contribution in [0.25, 0.3) is 0 Å². The Hall–Kier alpha value is -1.01. The van der Waals surface area contributed by atoms with E-state index >= 15 is 0 Å². The third-order valence-electron chi connectivity index (χ3n) is 3.15. The van der Waals surface area contributed by atoms with Crippen LogP contribution in [0.15, 0.2) is 36.5 Å². The second-order valence-electron chi connectivity index (χ2n) is 4.87. The Bertz CT molecular complexity index is 540. The van der Waals surface area contributed by atoms with Crippen LogP contribution in [-0.4, -0.2) is 16.5 Å². The first-order valence-corrected chi connectivity index (χ1v) is 8.04. The van der Waals surface area contributed by atoms with Crippen LogP contribution in [0, 0.1) is 10.5 Å². The molecule has 20 heavy (non-hydrogen) atoms. The molecule has 0 saturated heterocycles. The van der Waals surface area contributed by atoms with Crippen molar-refractivity contribution in [3.8, 4) is 0 Å². The fourth-order valence-corrected chi connectivity index (χ4v) is 2.48. The molecule has 0 saturated carbocycles. The quantitative estimate of drug-likeness (QED) is 0.776. The third kappa shape index (κ3) is 4.52. The maximum Gasteiger partial charge on any atom is 0.125 e. The van der Waals surface area contributed by atoms with Crippen LogP contribution >= 0.6 is 22.6 Å². The molecule has 1 atom stereocenters. The van der Waals surface area contributed by atoms with Gasteiger partial charge in [0.1, 0.15) is 5.82 Å². The summed E-state index contributed by atoms with van der Waals surface area (Å²) in [7, 11) is 0. The SMILES string of the molecule is CCCNC(Cc1ccc(I)cc1)c1ccnc(C)n1. The molecular formula is C16H20IN3. The molecule has 1 N–H and O–H groups in total. The minimum absolute atomic E-state index is 0.247. The van der Waals surface area contributed by atoms with E-state index in [-0.39, 0.29) is 6.04 Å². The van der Waals surface area contributed by atoms with Crippen molar-refractivity contribution >= 4 is 22.6 Å². The maximum atomic E-state index is 4.57. The summed E-state index contributed by atoms with van der Waals surface area (Å²) in [5.74, 6) is 0.827. The number of aryl methyl sites for hydroxylation is 1. The van der Waals surface area contributed by atoms with E-state index < -0.39 is 0 Å². The van der Waals surface area contributed by atoms with Crippen molar-refractivity contribution < 1.29 is 0 Å². The van der Waals surface area contributed by atoms with Crippen LogP contribution in [0.2, 0.25) is 0 Å². The van der Waals surface area contributed by atoms with Crippen molar-refractivity contribution in [1.82, 2.24) is 15.3 Å². The van der Waals surface area contributed by atoms with Gasteiger partial charge in [0.05, 0.1) is 11.7 Å². The van der Waals surface area contributed by atoms with E-state index in [1.807, 2.05) is 19.2 Å². The molecule has 1 heterocycles. The fourth-order valence-electron chi connectivity index (χ4n) is 2.12. The van der Waals surface area contributed by atoms with Crippen molar-refractivity contribution in [1.29, 1.82) is 0 Å². The van der Waals surface area contributed by atoms with Gasteiger partial charge in [0.15, 0.2) is 0 Å². The molecule has 2 rings (SSSR count). The summed E-state index contributed by atoms with van der Waals surface area (Å²) in [5, 5.41) is 3.58. The van der Waals surface area contributed by atoms with E-state index in [1.54, 1.807) is 0 Å². The summed E-state index contributed by atoms with van der Waals surface area (Å²) in [6.45, 7) is 5.11. The highest BCUT2D eigenvalue weighted by molar-refractivity contribution is 14.1. The van der Waals surface area contributed by atoms with Gasteiger partial charge in [-0.15, -0.1) is 0 Å². The third-order valence-corrected chi connectivity index (χ3v) is 3.87. The molecule has 0 radical (unpaired) electrons. The second kappa shape index (κ2) is 7.69. The van der Waals surface area contributed by atoms with E-state index in [0.717, 1.165) is 30.9 Å². The molecule has 0 aliphatic carbocycles. The van der Waals surface area contributed by atoms with Crippen molar-refractivity contribution in [2.45, 2.75) is 32.7 Å². The lowest BCUT2D eigenvalue weighted by atomic mass is 10.0. The number of nitrogens with one attached hydrogen (secondary N) is 1. The first-order valence-electron chi connectivity index (χ1n) is 6.96. The Morgan fingerprint density at radius 3 is 2.60 bits per heavy atom. The summed E-state index contributed by atoms with van der Waals surface area (Å²) >= 11 is 2.33. The number of benzene rings is 1. The topological polar surface area (TPSA) is 37.8 Å². The first kappa shape index (κ1) is 15.4. The number of rotatable bonds is 6. The van der Waals surface area contributed by atoms with Gasteiger partial charge < -0.3 is 5.32 Å². The van der Waals surface area contributed by atoms with Crippen LogP contribution < -0.4 is 5.32 Å². The van der Waals surface area contributed by atoms with Crippen molar-refractivity contribution in [2.75, 3.05) is 6.54 Å². The Balaban J connectivity index is 2.16. The fraction of sp³-hybridized carbons (Fsp3) is 0.375. The largest absolute Gasteiger partial charge is 0.308 e. The monoisotopic (exact) mass is 381 g/mol. The number of hydrogen-bond donors (Lipinski definition) is 1. The predicted octanol–water partition coefficient (Wildman–Crippen LogP) is 3.67. The molecule has 106 valence electrons. The Morgan fingerprint density at radius 2 is 1.95 bits per heavy atom. The summed E-state index contributed by atoms with van der Waals surface area (Å²) in [5.41, 5.74) is 2.40. The van der Waals surface area contributed by atoms with Gasteiger partial charge in [0, 0.05) is 9.77 Å². The minimum Gasteiger partial charge on any atom is -0.308 e. The Kier molecular flexibility index (Phi) is 5.91. The van der Waals surface area contributed by atoms with E-state index in [1.165, 1.54) is 9.13 Å². The molecule has 0 spiro atoms. The van der Waals surface area contributed by atoms with Crippen LogP contribution in [0.4, 0.5) is 0 Å². The zero-order chi connectivity index (χ0) is 14.4. The first-order chi connectivity index (χ1) is 9.69. The molecule has 0 fully saturated rings. The van der Waals surface area contributed by atoms with Crippen molar-refractivity contribution in [3.63, 3.8) is 0 Å². The number of halogens is 1. The van der Waals surface area contributed by atoms with E-state index in [2.05, 4.69) is 69.1 Å². The van der Waals surface area contributed by atoms with Crippen LogP contribution in [0.1, 0.15) is 36.5 Å². The zero-order valence-corrected chi connectivity index (χ0v) is 14.1. The Morgan fingerprint density at radius 1 is 1.20 bits per heavy atom. The smallest absolute Gasteiger partial charge is 0.125 e. The van der Waals surface area contributed by atoms with Gasteiger partial charge in [-0.1, -0.05) is 19.1 Å². The van der Waals surface area contributed by atoms with Gasteiger partial charge in [0.2, 0.25) is 0 Å². The molecule has 0 bridgehead atoms. The molecule has 4 heteroatoms. The number of nitrogens with zero attached hydrogens (tertiary/aromatic N) is 2. The molecule has 2 aromatic rings. The molecule has 1 unspecified atom stereocenters. The molecule has 0 aliphatic rings. The molecule has 1 aromatic heterocycles. The normalized spacial score (nSPS) is 12.3. The molecule has 0 amide bonds. The standard InChI is InChI=1S/C16H20IN3/c1-3-9-19-16(15-8-10-18-12(2)20-15)11-13-4-6-14(17)7-5-13/h4-8,10,16,19H,3,9,11H2,1-2H3. The van der Waals surface area contributed by atoms with Gasteiger partial charge in [-0.2, -0.15) is 0 Å². The van der Waals surface area contributed by atoms with Gasteiger partial charge in [0.25, 0.3) is 0 Å².